The van der Waals surface area contributed by atoms with Gasteiger partial charge in [0.25, 0.3) is 11.8 Å². The van der Waals surface area contributed by atoms with Gasteiger partial charge in [0.2, 0.25) is 0 Å². The lowest BCUT2D eigenvalue weighted by molar-refractivity contribution is -0.121. The van der Waals surface area contributed by atoms with Gasteiger partial charge < -0.3 is 25.1 Å². The van der Waals surface area contributed by atoms with Crippen LogP contribution >= 0.6 is 0 Å². The Morgan fingerprint density at radius 3 is 2.86 bits per heavy atom. The monoisotopic (exact) mass is 301 g/mol. The number of furan rings is 1. The number of benzene rings is 1. The molecule has 2 heterocycles. The SMILES string of the molecule is CCN1C(=O)COc2cc(NC(=O)c3ccc(N)o3)ccc21. The molecule has 1 aromatic carbocycles. The highest BCUT2D eigenvalue weighted by Crippen LogP contribution is 2.34. The first-order chi connectivity index (χ1) is 10.6. The number of nitrogens with two attached hydrogens (primary N) is 1. The number of rotatable bonds is 3. The van der Waals surface area contributed by atoms with Crippen molar-refractivity contribution < 1.29 is 18.7 Å². The number of amides is 2. The molecule has 0 bridgehead atoms. The molecular weight excluding hydrogens is 286 g/mol. The first-order valence-electron chi connectivity index (χ1n) is 6.82. The van der Waals surface area contributed by atoms with Crippen molar-refractivity contribution in [2.45, 2.75) is 6.92 Å². The standard InChI is InChI=1S/C15H15N3O4/c1-2-18-10-4-3-9(7-12(10)21-8-14(18)19)17-15(20)11-5-6-13(16)22-11/h3-7H,2,8,16H2,1H3,(H,17,20). The Hall–Kier alpha value is -2.96. The van der Waals surface area contributed by atoms with Gasteiger partial charge in [-0.25, -0.2) is 0 Å². The predicted octanol–water partition coefficient (Wildman–Crippen LogP) is 1.86. The summed E-state index contributed by atoms with van der Waals surface area (Å²) in [6.45, 7) is 2.45. The summed E-state index contributed by atoms with van der Waals surface area (Å²) in [6.07, 6.45) is 0. The Labute approximate surface area is 126 Å². The van der Waals surface area contributed by atoms with Crippen molar-refractivity contribution in [3.8, 4) is 5.75 Å². The lowest BCUT2D eigenvalue weighted by atomic mass is 10.2. The predicted molar refractivity (Wildman–Crippen MR) is 81.0 cm³/mol. The van der Waals surface area contributed by atoms with Gasteiger partial charge >= 0.3 is 0 Å². The molecule has 0 fully saturated rings. The summed E-state index contributed by atoms with van der Waals surface area (Å²) in [4.78, 5) is 25.4. The number of fused-ring (bicyclic) bond motifs is 1. The molecule has 2 aromatic rings. The summed E-state index contributed by atoms with van der Waals surface area (Å²) in [6, 6.07) is 8.12. The normalized spacial score (nSPS) is 13.5. The van der Waals surface area contributed by atoms with Gasteiger partial charge in [-0.1, -0.05) is 0 Å². The summed E-state index contributed by atoms with van der Waals surface area (Å²) in [5, 5.41) is 2.69. The molecule has 3 rings (SSSR count). The van der Waals surface area contributed by atoms with Crippen molar-refractivity contribution >= 4 is 29.1 Å². The van der Waals surface area contributed by atoms with Gasteiger partial charge in [0.15, 0.2) is 18.3 Å². The zero-order chi connectivity index (χ0) is 15.7. The van der Waals surface area contributed by atoms with Crippen LogP contribution in [-0.4, -0.2) is 25.0 Å². The van der Waals surface area contributed by atoms with E-state index in [2.05, 4.69) is 5.32 Å². The van der Waals surface area contributed by atoms with E-state index >= 15 is 0 Å². The highest BCUT2D eigenvalue weighted by Gasteiger charge is 2.24. The molecule has 0 saturated carbocycles. The van der Waals surface area contributed by atoms with Crippen LogP contribution in [0.15, 0.2) is 34.7 Å². The Kier molecular flexibility index (Phi) is 3.46. The molecule has 7 heteroatoms. The van der Waals surface area contributed by atoms with Crippen molar-refractivity contribution in [2.24, 2.45) is 0 Å². The second-order valence-corrected chi connectivity index (χ2v) is 4.77. The molecule has 1 aliphatic rings. The van der Waals surface area contributed by atoms with Crippen molar-refractivity contribution in [1.82, 2.24) is 0 Å². The minimum atomic E-state index is -0.407. The van der Waals surface area contributed by atoms with E-state index in [1.54, 1.807) is 23.1 Å². The van der Waals surface area contributed by atoms with Gasteiger partial charge in [-0.2, -0.15) is 0 Å². The molecule has 22 heavy (non-hydrogen) atoms. The van der Waals surface area contributed by atoms with Crippen molar-refractivity contribution in [2.75, 3.05) is 29.1 Å². The van der Waals surface area contributed by atoms with Crippen molar-refractivity contribution in [3.63, 3.8) is 0 Å². The average molecular weight is 301 g/mol. The Morgan fingerprint density at radius 1 is 1.36 bits per heavy atom. The maximum Gasteiger partial charge on any atom is 0.291 e. The van der Waals surface area contributed by atoms with Gasteiger partial charge in [-0.3, -0.25) is 9.59 Å². The fraction of sp³-hybridized carbons (Fsp3) is 0.200. The number of anilines is 3. The van der Waals surface area contributed by atoms with E-state index in [4.69, 9.17) is 14.9 Å². The number of hydrogen-bond acceptors (Lipinski definition) is 5. The van der Waals surface area contributed by atoms with Gasteiger partial charge in [-0.15, -0.1) is 0 Å². The van der Waals surface area contributed by atoms with Crippen LogP contribution in [0.2, 0.25) is 0 Å². The Morgan fingerprint density at radius 2 is 2.18 bits per heavy atom. The van der Waals surface area contributed by atoms with Crippen LogP contribution in [0, 0.1) is 0 Å². The van der Waals surface area contributed by atoms with Crippen LogP contribution in [0.25, 0.3) is 0 Å². The molecule has 0 spiro atoms. The minimum absolute atomic E-state index is 0.00699. The molecule has 2 amide bonds. The zero-order valence-corrected chi connectivity index (χ0v) is 12.0. The fourth-order valence-electron chi connectivity index (χ4n) is 2.30. The number of likely N-dealkylation sites (N-methyl/N-ethyl adjacent to an activating group) is 1. The number of nitrogens with zero attached hydrogens (tertiary/aromatic N) is 1. The minimum Gasteiger partial charge on any atom is -0.481 e. The van der Waals surface area contributed by atoms with Crippen LogP contribution < -0.4 is 20.7 Å². The van der Waals surface area contributed by atoms with E-state index in [1.807, 2.05) is 6.92 Å². The molecule has 0 atom stereocenters. The van der Waals surface area contributed by atoms with E-state index in [0.29, 0.717) is 23.7 Å². The van der Waals surface area contributed by atoms with Crippen molar-refractivity contribution in [1.29, 1.82) is 0 Å². The summed E-state index contributed by atoms with van der Waals surface area (Å²) >= 11 is 0. The quantitative estimate of drug-likeness (QED) is 0.901. The highest BCUT2D eigenvalue weighted by molar-refractivity contribution is 6.03. The number of carbonyl (C=O) groups excluding carboxylic acids is 2. The van der Waals surface area contributed by atoms with Gasteiger partial charge in [0.05, 0.1) is 5.69 Å². The fourth-order valence-corrected chi connectivity index (χ4v) is 2.30. The maximum atomic E-state index is 12.0. The average Bonchev–Trinajstić information content (AvgIpc) is 2.94. The Bertz CT molecular complexity index is 738. The summed E-state index contributed by atoms with van der Waals surface area (Å²) in [5.74, 6) is 0.365. The highest BCUT2D eigenvalue weighted by atomic mass is 16.5. The van der Waals surface area contributed by atoms with E-state index < -0.39 is 5.91 Å². The first kappa shape index (κ1) is 14.0. The number of ether oxygens (including phenoxy) is 1. The molecule has 0 radical (unpaired) electrons. The molecule has 114 valence electrons. The lowest BCUT2D eigenvalue weighted by Crippen LogP contribution is -2.38. The van der Waals surface area contributed by atoms with Gasteiger partial charge in [0, 0.05) is 24.4 Å². The molecular formula is C15H15N3O4. The number of nitrogens with one attached hydrogen (secondary N) is 1. The molecule has 7 nitrogen and oxygen atoms in total. The summed E-state index contributed by atoms with van der Waals surface area (Å²) < 4.78 is 10.5. The molecule has 0 saturated heterocycles. The van der Waals surface area contributed by atoms with Crippen LogP contribution in [-0.2, 0) is 4.79 Å². The second-order valence-electron chi connectivity index (χ2n) is 4.77. The number of nitrogen functional groups attached to an aromatic ring is 1. The van der Waals surface area contributed by atoms with Gasteiger partial charge in [-0.05, 0) is 25.1 Å². The first-order valence-corrected chi connectivity index (χ1v) is 6.82. The molecule has 1 aliphatic heterocycles. The van der Waals surface area contributed by atoms with E-state index in [9.17, 15) is 9.59 Å². The van der Waals surface area contributed by atoms with Crippen molar-refractivity contribution in [3.05, 3.63) is 36.1 Å². The maximum absolute atomic E-state index is 12.0. The van der Waals surface area contributed by atoms with Crippen LogP contribution in [0.1, 0.15) is 17.5 Å². The van der Waals surface area contributed by atoms with Crippen LogP contribution in [0.3, 0.4) is 0 Å². The topological polar surface area (TPSA) is 97.8 Å². The van der Waals surface area contributed by atoms with E-state index in [0.717, 1.165) is 0 Å². The third-order valence-electron chi connectivity index (χ3n) is 3.33. The second kappa shape index (κ2) is 5.44. The summed E-state index contributed by atoms with van der Waals surface area (Å²) in [7, 11) is 0. The lowest BCUT2D eigenvalue weighted by Gasteiger charge is -2.28. The van der Waals surface area contributed by atoms with E-state index in [1.165, 1.54) is 12.1 Å². The van der Waals surface area contributed by atoms with Gasteiger partial charge in [0.1, 0.15) is 5.75 Å². The third-order valence-corrected chi connectivity index (χ3v) is 3.33. The Balaban J connectivity index is 1.82. The van der Waals surface area contributed by atoms with Crippen LogP contribution in [0.4, 0.5) is 17.3 Å². The largest absolute Gasteiger partial charge is 0.481 e. The van der Waals surface area contributed by atoms with E-state index in [-0.39, 0.29) is 24.2 Å². The molecule has 1 aromatic heterocycles. The third kappa shape index (κ3) is 2.48. The summed E-state index contributed by atoms with van der Waals surface area (Å²) in [5.41, 5.74) is 6.68. The molecule has 0 aliphatic carbocycles. The smallest absolute Gasteiger partial charge is 0.291 e. The number of hydrogen-bond donors (Lipinski definition) is 2. The zero-order valence-electron chi connectivity index (χ0n) is 12.0. The van der Waals surface area contributed by atoms with Crippen LogP contribution in [0.5, 0.6) is 5.75 Å². The molecule has 0 unspecified atom stereocenters. The number of carbonyl (C=O) groups is 2. The molecule has 3 N–H and O–H groups in total.